The van der Waals surface area contributed by atoms with E-state index in [-0.39, 0.29) is 0 Å². The van der Waals surface area contributed by atoms with Gasteiger partial charge in [0.25, 0.3) is 0 Å². The SMILES string of the molecule is c1ccc(-n2c3ccccc3c3ccc(-c4ccccc4-c4c5ccccc5c(-c5cc(-c6ccc7ccccc7c6)cc6c5oc5ccccc56)c5ccccc45)cc32)cc1. The van der Waals surface area contributed by atoms with Crippen molar-refractivity contribution < 1.29 is 4.42 Å². The molecule has 0 amide bonds. The first-order valence-corrected chi connectivity index (χ1v) is 21.3. The van der Waals surface area contributed by atoms with Gasteiger partial charge in [-0.2, -0.15) is 0 Å². The quantitative estimate of drug-likeness (QED) is 0.159. The molecular weight excluding hydrogens is 751 g/mol. The van der Waals surface area contributed by atoms with Crippen molar-refractivity contribution in [3.05, 3.63) is 224 Å². The molecule has 0 saturated heterocycles. The van der Waals surface area contributed by atoms with Gasteiger partial charge in [-0.05, 0) is 114 Å². The number of hydrogen-bond donors (Lipinski definition) is 0. The summed E-state index contributed by atoms with van der Waals surface area (Å²) in [6.45, 7) is 0. The van der Waals surface area contributed by atoms with Crippen molar-refractivity contribution in [2.24, 2.45) is 0 Å². The molecule has 0 unspecified atom stereocenters. The lowest BCUT2D eigenvalue weighted by Crippen LogP contribution is -1.94. The average molecular weight is 788 g/mol. The number of furan rings is 1. The van der Waals surface area contributed by atoms with Crippen molar-refractivity contribution in [2.45, 2.75) is 0 Å². The second-order valence-corrected chi connectivity index (χ2v) is 16.4. The van der Waals surface area contributed by atoms with E-state index in [1.165, 1.54) is 87.5 Å². The number of benzene rings is 11. The van der Waals surface area contributed by atoms with Crippen LogP contribution in [0.1, 0.15) is 0 Å². The molecule has 2 aromatic heterocycles. The Hall–Kier alpha value is -8.20. The summed E-state index contributed by atoms with van der Waals surface area (Å²) < 4.78 is 9.29. The van der Waals surface area contributed by atoms with E-state index in [4.69, 9.17) is 4.42 Å². The highest BCUT2D eigenvalue weighted by molar-refractivity contribution is 6.25. The van der Waals surface area contributed by atoms with Gasteiger partial charge in [-0.3, -0.25) is 0 Å². The minimum atomic E-state index is 0.891. The largest absolute Gasteiger partial charge is 0.455 e. The Morgan fingerprint density at radius 1 is 0.290 bits per heavy atom. The maximum absolute atomic E-state index is 6.89. The summed E-state index contributed by atoms with van der Waals surface area (Å²) in [6.07, 6.45) is 0. The van der Waals surface area contributed by atoms with E-state index in [1.807, 2.05) is 0 Å². The highest BCUT2D eigenvalue weighted by Crippen LogP contribution is 2.49. The van der Waals surface area contributed by atoms with Crippen molar-refractivity contribution >= 4 is 76.1 Å². The first-order chi connectivity index (χ1) is 30.8. The highest BCUT2D eigenvalue weighted by atomic mass is 16.3. The minimum Gasteiger partial charge on any atom is -0.455 e. The van der Waals surface area contributed by atoms with Gasteiger partial charge in [0.1, 0.15) is 11.2 Å². The third kappa shape index (κ3) is 5.23. The Kier molecular flexibility index (Phi) is 7.64. The minimum absolute atomic E-state index is 0.891. The summed E-state index contributed by atoms with van der Waals surface area (Å²) in [4.78, 5) is 0. The zero-order chi connectivity index (χ0) is 40.7. The van der Waals surface area contributed by atoms with Gasteiger partial charge in [0.2, 0.25) is 0 Å². The smallest absolute Gasteiger partial charge is 0.143 e. The molecule has 0 N–H and O–H groups in total. The van der Waals surface area contributed by atoms with Crippen LogP contribution in [0, 0.1) is 0 Å². The highest BCUT2D eigenvalue weighted by Gasteiger charge is 2.23. The second-order valence-electron chi connectivity index (χ2n) is 16.4. The van der Waals surface area contributed by atoms with Crippen LogP contribution < -0.4 is 0 Å². The molecule has 2 heteroatoms. The number of rotatable bonds is 5. The summed E-state index contributed by atoms with van der Waals surface area (Å²) >= 11 is 0. The summed E-state index contributed by atoms with van der Waals surface area (Å²) in [5, 5.41) is 12.0. The molecule has 0 bridgehead atoms. The van der Waals surface area contributed by atoms with Crippen LogP contribution in [0.5, 0.6) is 0 Å². The average Bonchev–Trinajstić information content (AvgIpc) is 3.89. The molecule has 0 aliphatic heterocycles. The van der Waals surface area contributed by atoms with E-state index in [9.17, 15) is 0 Å². The summed E-state index contributed by atoms with van der Waals surface area (Å²) in [7, 11) is 0. The van der Waals surface area contributed by atoms with Crippen LogP contribution in [0.15, 0.2) is 229 Å². The molecule has 2 nitrogen and oxygen atoms in total. The van der Waals surface area contributed by atoms with Crippen LogP contribution in [0.2, 0.25) is 0 Å². The van der Waals surface area contributed by atoms with Crippen molar-refractivity contribution in [1.82, 2.24) is 4.57 Å². The van der Waals surface area contributed by atoms with Crippen molar-refractivity contribution in [1.29, 1.82) is 0 Å². The number of aromatic nitrogens is 1. The Morgan fingerprint density at radius 2 is 0.855 bits per heavy atom. The van der Waals surface area contributed by atoms with Gasteiger partial charge in [-0.15, -0.1) is 0 Å². The maximum atomic E-state index is 6.89. The lowest BCUT2D eigenvalue weighted by Gasteiger charge is -2.20. The predicted octanol–water partition coefficient (Wildman–Crippen LogP) is 16.8. The van der Waals surface area contributed by atoms with Gasteiger partial charge in [-0.1, -0.05) is 176 Å². The van der Waals surface area contributed by atoms with Crippen LogP contribution >= 0.6 is 0 Å². The number of nitrogens with zero attached hydrogens (tertiary/aromatic N) is 1. The fourth-order valence-electron chi connectivity index (χ4n) is 10.2. The molecular formula is C60H37NO. The molecule has 0 aliphatic rings. The van der Waals surface area contributed by atoms with Gasteiger partial charge >= 0.3 is 0 Å². The molecule has 0 fully saturated rings. The zero-order valence-electron chi connectivity index (χ0n) is 33.7. The number of para-hydroxylation sites is 3. The molecule has 288 valence electrons. The fraction of sp³-hybridized carbons (Fsp3) is 0. The molecule has 0 aliphatic carbocycles. The monoisotopic (exact) mass is 787 g/mol. The lowest BCUT2D eigenvalue weighted by molar-refractivity contribution is 0.670. The standard InChI is InChI=1S/C60H37NO/c1-2-18-43(19-3-1)61-55-28-14-12-21-45(55)46-33-32-41(37-56(46)61)44-20-6-7-23-48(44)58-49-24-8-10-26-51(49)59(52-27-11-9-25-50(52)58)54-36-42(40-31-30-38-16-4-5-17-39(38)34-40)35-53-47-22-13-15-29-57(47)62-60(53)54/h1-37H. The van der Waals surface area contributed by atoms with Gasteiger partial charge in [0, 0.05) is 38.4 Å². The number of fused-ring (bicyclic) bond motifs is 9. The van der Waals surface area contributed by atoms with Crippen LogP contribution in [-0.4, -0.2) is 4.57 Å². The topological polar surface area (TPSA) is 18.1 Å². The van der Waals surface area contributed by atoms with E-state index >= 15 is 0 Å². The van der Waals surface area contributed by atoms with E-state index in [0.717, 1.165) is 38.8 Å². The molecule has 13 rings (SSSR count). The lowest BCUT2D eigenvalue weighted by atomic mass is 9.83. The van der Waals surface area contributed by atoms with E-state index in [0.29, 0.717) is 0 Å². The molecule has 13 aromatic rings. The van der Waals surface area contributed by atoms with Gasteiger partial charge in [-0.25, -0.2) is 0 Å². The molecule has 0 atom stereocenters. The normalized spacial score (nSPS) is 11.9. The van der Waals surface area contributed by atoms with Gasteiger partial charge in [0.05, 0.1) is 11.0 Å². The molecule has 11 aromatic carbocycles. The van der Waals surface area contributed by atoms with E-state index in [2.05, 4.69) is 229 Å². The third-order valence-corrected chi connectivity index (χ3v) is 13.0. The van der Waals surface area contributed by atoms with E-state index in [1.54, 1.807) is 0 Å². The summed E-state index contributed by atoms with van der Waals surface area (Å²) in [6, 6.07) is 81.8. The maximum Gasteiger partial charge on any atom is 0.143 e. The second kappa shape index (κ2) is 13.7. The Bertz CT molecular complexity index is 3870. The van der Waals surface area contributed by atoms with Crippen molar-refractivity contribution in [2.75, 3.05) is 0 Å². The first kappa shape index (κ1) is 34.6. The van der Waals surface area contributed by atoms with Crippen LogP contribution in [0.3, 0.4) is 0 Å². The molecule has 0 radical (unpaired) electrons. The van der Waals surface area contributed by atoms with Crippen molar-refractivity contribution in [3.63, 3.8) is 0 Å². The summed E-state index contributed by atoms with van der Waals surface area (Å²) in [5.74, 6) is 0. The predicted molar refractivity (Wildman–Crippen MR) is 262 cm³/mol. The Balaban J connectivity index is 1.08. The molecule has 2 heterocycles. The molecule has 0 spiro atoms. The molecule has 0 saturated carbocycles. The Labute approximate surface area is 358 Å². The number of hydrogen-bond acceptors (Lipinski definition) is 1. The molecule has 62 heavy (non-hydrogen) atoms. The van der Waals surface area contributed by atoms with Gasteiger partial charge in [0.15, 0.2) is 0 Å². The van der Waals surface area contributed by atoms with Crippen LogP contribution in [0.25, 0.3) is 126 Å². The first-order valence-electron chi connectivity index (χ1n) is 21.3. The summed E-state index contributed by atoms with van der Waals surface area (Å²) in [5.41, 5.74) is 14.8. The third-order valence-electron chi connectivity index (χ3n) is 13.0. The van der Waals surface area contributed by atoms with Crippen molar-refractivity contribution in [3.8, 4) is 50.2 Å². The Morgan fingerprint density at radius 3 is 1.61 bits per heavy atom. The van der Waals surface area contributed by atoms with Crippen LogP contribution in [0.4, 0.5) is 0 Å². The zero-order valence-corrected chi connectivity index (χ0v) is 33.7. The fourth-order valence-corrected chi connectivity index (χ4v) is 10.2. The van der Waals surface area contributed by atoms with E-state index < -0.39 is 0 Å². The van der Waals surface area contributed by atoms with Crippen LogP contribution in [-0.2, 0) is 0 Å². The van der Waals surface area contributed by atoms with Gasteiger partial charge < -0.3 is 8.98 Å².